The molecule has 2 amide bonds. The summed E-state index contributed by atoms with van der Waals surface area (Å²) >= 11 is 0. The Bertz CT molecular complexity index is 1010. The zero-order valence-electron chi connectivity index (χ0n) is 19.3. The van der Waals surface area contributed by atoms with E-state index in [0.717, 1.165) is 44.5 Å². The van der Waals surface area contributed by atoms with Crippen molar-refractivity contribution in [3.05, 3.63) is 54.1 Å². The number of ether oxygens (including phenoxy) is 2. The number of hydrogen-bond donors (Lipinski definition) is 2. The maximum absolute atomic E-state index is 12.3. The number of carbonyl (C=O) groups is 3. The SMILES string of the molecule is CCN1CCN(c2ccc(NC(=O)COC(=O)CNC(=O)c3cccc(OC(F)F)c3)cc2)CC1. The minimum atomic E-state index is -3.02. The van der Waals surface area contributed by atoms with Crippen LogP contribution in [0.15, 0.2) is 48.5 Å². The van der Waals surface area contributed by atoms with Crippen LogP contribution in [0.3, 0.4) is 0 Å². The number of hydrogen-bond acceptors (Lipinski definition) is 7. The number of esters is 1. The maximum Gasteiger partial charge on any atom is 0.387 e. The van der Waals surface area contributed by atoms with E-state index in [4.69, 9.17) is 4.74 Å². The Balaban J connectivity index is 1.38. The van der Waals surface area contributed by atoms with E-state index < -0.39 is 37.5 Å². The molecule has 3 rings (SSSR count). The molecule has 0 saturated carbocycles. The van der Waals surface area contributed by atoms with Gasteiger partial charge in [0, 0.05) is 43.1 Å². The number of halogens is 2. The molecular formula is C24H28F2N4O5. The highest BCUT2D eigenvalue weighted by Gasteiger charge is 2.16. The fraction of sp³-hybridized carbons (Fsp3) is 0.375. The number of amides is 2. The number of rotatable bonds is 10. The Kier molecular flexibility index (Phi) is 9.36. The minimum Gasteiger partial charge on any atom is -0.454 e. The van der Waals surface area contributed by atoms with Crippen molar-refractivity contribution in [2.45, 2.75) is 13.5 Å². The summed E-state index contributed by atoms with van der Waals surface area (Å²) < 4.78 is 33.7. The maximum atomic E-state index is 12.3. The molecule has 11 heteroatoms. The third kappa shape index (κ3) is 8.21. The Morgan fingerprint density at radius 3 is 2.40 bits per heavy atom. The molecule has 0 aromatic heterocycles. The second-order valence-electron chi connectivity index (χ2n) is 7.77. The van der Waals surface area contributed by atoms with Crippen LogP contribution in [0.4, 0.5) is 20.2 Å². The Labute approximate surface area is 202 Å². The van der Waals surface area contributed by atoms with Gasteiger partial charge in [-0.1, -0.05) is 13.0 Å². The molecule has 9 nitrogen and oxygen atoms in total. The van der Waals surface area contributed by atoms with E-state index in [1.807, 2.05) is 12.1 Å². The molecule has 0 aliphatic carbocycles. The molecule has 1 fully saturated rings. The summed E-state index contributed by atoms with van der Waals surface area (Å²) in [6, 6.07) is 12.6. The summed E-state index contributed by atoms with van der Waals surface area (Å²) in [7, 11) is 0. The summed E-state index contributed by atoms with van der Waals surface area (Å²) in [4.78, 5) is 40.7. The summed E-state index contributed by atoms with van der Waals surface area (Å²) in [5, 5.41) is 4.95. The fourth-order valence-corrected chi connectivity index (χ4v) is 3.54. The van der Waals surface area contributed by atoms with E-state index >= 15 is 0 Å². The van der Waals surface area contributed by atoms with E-state index in [0.29, 0.717) is 5.69 Å². The largest absolute Gasteiger partial charge is 0.454 e. The molecule has 0 bridgehead atoms. The van der Waals surface area contributed by atoms with Gasteiger partial charge in [0.2, 0.25) is 0 Å². The first-order valence-electron chi connectivity index (χ1n) is 11.2. The van der Waals surface area contributed by atoms with Crippen molar-refractivity contribution < 1.29 is 32.6 Å². The van der Waals surface area contributed by atoms with Crippen LogP contribution in [-0.4, -0.2) is 75.2 Å². The van der Waals surface area contributed by atoms with Gasteiger partial charge in [0.15, 0.2) is 6.61 Å². The van der Waals surface area contributed by atoms with E-state index in [9.17, 15) is 23.2 Å². The molecule has 0 spiro atoms. The first-order valence-corrected chi connectivity index (χ1v) is 11.2. The summed E-state index contributed by atoms with van der Waals surface area (Å²) in [6.45, 7) is 3.08. The fourth-order valence-electron chi connectivity index (χ4n) is 3.54. The average molecular weight is 491 g/mol. The van der Waals surface area contributed by atoms with Crippen LogP contribution >= 0.6 is 0 Å². The third-order valence-electron chi connectivity index (χ3n) is 5.41. The highest BCUT2D eigenvalue weighted by molar-refractivity contribution is 5.97. The van der Waals surface area contributed by atoms with Crippen LogP contribution in [0.2, 0.25) is 0 Å². The van der Waals surface area contributed by atoms with Crippen molar-refractivity contribution in [1.82, 2.24) is 10.2 Å². The average Bonchev–Trinajstić information content (AvgIpc) is 2.86. The van der Waals surface area contributed by atoms with Crippen molar-refractivity contribution in [2.24, 2.45) is 0 Å². The van der Waals surface area contributed by atoms with Crippen molar-refractivity contribution in [3.8, 4) is 5.75 Å². The zero-order valence-corrected chi connectivity index (χ0v) is 19.3. The molecule has 0 atom stereocenters. The van der Waals surface area contributed by atoms with Crippen molar-refractivity contribution in [3.63, 3.8) is 0 Å². The van der Waals surface area contributed by atoms with Gasteiger partial charge >= 0.3 is 12.6 Å². The molecular weight excluding hydrogens is 462 g/mol. The monoisotopic (exact) mass is 490 g/mol. The van der Waals surface area contributed by atoms with Crippen LogP contribution in [0.5, 0.6) is 5.75 Å². The lowest BCUT2D eigenvalue weighted by atomic mass is 10.2. The van der Waals surface area contributed by atoms with E-state index in [1.54, 1.807) is 12.1 Å². The van der Waals surface area contributed by atoms with Gasteiger partial charge in [-0.25, -0.2) is 0 Å². The molecule has 2 N–H and O–H groups in total. The summed E-state index contributed by atoms with van der Waals surface area (Å²) in [6.07, 6.45) is 0. The predicted octanol–water partition coefficient (Wildman–Crippen LogP) is 2.34. The topological polar surface area (TPSA) is 100 Å². The molecule has 188 valence electrons. The normalized spacial score (nSPS) is 13.9. The van der Waals surface area contributed by atoms with E-state index in [2.05, 4.69) is 32.1 Å². The number of nitrogens with one attached hydrogen (secondary N) is 2. The van der Waals surface area contributed by atoms with Crippen LogP contribution in [-0.2, 0) is 14.3 Å². The number of carbonyl (C=O) groups excluding carboxylic acids is 3. The Morgan fingerprint density at radius 2 is 1.74 bits per heavy atom. The first kappa shape index (κ1) is 25.9. The van der Waals surface area contributed by atoms with E-state index in [-0.39, 0.29) is 11.3 Å². The first-order chi connectivity index (χ1) is 16.8. The molecule has 35 heavy (non-hydrogen) atoms. The molecule has 0 unspecified atom stereocenters. The number of piperazine rings is 1. The van der Waals surface area contributed by atoms with Gasteiger partial charge in [0.25, 0.3) is 11.8 Å². The lowest BCUT2D eigenvalue weighted by Crippen LogP contribution is -2.46. The molecule has 2 aromatic carbocycles. The van der Waals surface area contributed by atoms with Crippen LogP contribution in [0.1, 0.15) is 17.3 Å². The molecule has 1 aliphatic rings. The van der Waals surface area contributed by atoms with Crippen LogP contribution in [0.25, 0.3) is 0 Å². The third-order valence-corrected chi connectivity index (χ3v) is 5.41. The quantitative estimate of drug-likeness (QED) is 0.493. The smallest absolute Gasteiger partial charge is 0.387 e. The van der Waals surface area contributed by atoms with Gasteiger partial charge in [-0.15, -0.1) is 0 Å². The van der Waals surface area contributed by atoms with Gasteiger partial charge in [-0.3, -0.25) is 14.4 Å². The number of benzene rings is 2. The highest BCUT2D eigenvalue weighted by atomic mass is 19.3. The molecule has 1 saturated heterocycles. The van der Waals surface area contributed by atoms with Crippen LogP contribution < -0.4 is 20.3 Å². The van der Waals surface area contributed by atoms with Crippen LogP contribution in [0, 0.1) is 0 Å². The standard InChI is InChI=1S/C24H28F2N4O5/c1-2-29-10-12-30(13-11-29)19-8-6-18(7-9-19)28-21(31)16-34-22(32)15-27-23(33)17-4-3-5-20(14-17)35-24(25)26/h3-9,14,24H,2,10-13,15-16H2,1H3,(H,27,33)(H,28,31). The molecule has 1 heterocycles. The number of alkyl halides is 2. The molecule has 2 aromatic rings. The minimum absolute atomic E-state index is 0.0318. The Hall–Kier alpha value is -3.73. The van der Waals surface area contributed by atoms with Gasteiger partial charge in [-0.2, -0.15) is 8.78 Å². The predicted molar refractivity (Wildman–Crippen MR) is 126 cm³/mol. The highest BCUT2D eigenvalue weighted by Crippen LogP contribution is 2.19. The van der Waals surface area contributed by atoms with E-state index in [1.165, 1.54) is 18.2 Å². The molecule has 1 aliphatic heterocycles. The number of nitrogens with zero attached hydrogens (tertiary/aromatic N) is 2. The van der Waals surface area contributed by atoms with Crippen molar-refractivity contribution in [1.29, 1.82) is 0 Å². The van der Waals surface area contributed by atoms with Gasteiger partial charge in [-0.05, 0) is 49.0 Å². The molecule has 0 radical (unpaired) electrons. The van der Waals surface area contributed by atoms with Crippen molar-refractivity contribution in [2.75, 3.05) is 56.1 Å². The Morgan fingerprint density at radius 1 is 1.03 bits per heavy atom. The number of likely N-dealkylation sites (N-methyl/N-ethyl adjacent to an activating group) is 1. The lowest BCUT2D eigenvalue weighted by Gasteiger charge is -2.35. The second kappa shape index (κ2) is 12.7. The van der Waals surface area contributed by atoms with Gasteiger partial charge in [0.1, 0.15) is 12.3 Å². The second-order valence-corrected chi connectivity index (χ2v) is 7.77. The lowest BCUT2D eigenvalue weighted by molar-refractivity contribution is -0.146. The van der Waals surface area contributed by atoms with Crippen molar-refractivity contribution >= 4 is 29.2 Å². The zero-order chi connectivity index (χ0) is 25.2. The summed E-state index contributed by atoms with van der Waals surface area (Å²) in [5.41, 5.74) is 1.68. The van der Waals surface area contributed by atoms with Gasteiger partial charge < -0.3 is 29.9 Å². The summed E-state index contributed by atoms with van der Waals surface area (Å²) in [5.74, 6) is -2.21. The number of anilines is 2. The van der Waals surface area contributed by atoms with Gasteiger partial charge in [0.05, 0.1) is 0 Å².